The van der Waals surface area contributed by atoms with Crippen LogP contribution in [0.15, 0.2) is 4.99 Å². The SMILES string of the molecule is CC(C)C[C@H](NC(=O)[C@H](CCCN=C(N)N[N+](=O)[O-])CC(=O)CCN)B1O[C@@H]2C[C@H]3C[C@H](C3(C)C)[C@]2(C)O1. The molecule has 4 aliphatic rings. The number of rotatable bonds is 14. The third-order valence-electron chi connectivity index (χ3n) is 8.82. The minimum Gasteiger partial charge on any atom is -0.404 e. The Balaban J connectivity index is 1.67. The lowest BCUT2D eigenvalue weighted by atomic mass is 9.43. The van der Waals surface area contributed by atoms with Crippen molar-refractivity contribution >= 4 is 24.8 Å². The van der Waals surface area contributed by atoms with E-state index in [9.17, 15) is 19.7 Å². The van der Waals surface area contributed by atoms with E-state index in [1.165, 1.54) is 0 Å². The molecule has 0 aromatic carbocycles. The molecule has 38 heavy (non-hydrogen) atoms. The molecule has 0 unspecified atom stereocenters. The third-order valence-corrected chi connectivity index (χ3v) is 8.82. The molecule has 0 radical (unpaired) electrons. The number of nitrogens with one attached hydrogen (secondary N) is 2. The van der Waals surface area contributed by atoms with Crippen LogP contribution in [-0.2, 0) is 18.9 Å². The minimum atomic E-state index is -0.788. The molecule has 4 fully saturated rings. The topological polar surface area (TPSA) is 184 Å². The number of aliphatic imine (C=N–C) groups is 1. The van der Waals surface area contributed by atoms with Gasteiger partial charge in [0.15, 0.2) is 5.03 Å². The number of guanidine groups is 1. The lowest BCUT2D eigenvalue weighted by molar-refractivity contribution is -0.525. The number of nitrogens with zero attached hydrogens (tertiary/aromatic N) is 2. The molecule has 6 N–H and O–H groups in total. The molecule has 0 aromatic heterocycles. The summed E-state index contributed by atoms with van der Waals surface area (Å²) < 4.78 is 13.1. The number of nitrogens with two attached hydrogens (primary N) is 2. The number of Topliss-reactive ketones (excluding diaryl/α,β-unsaturated/α-hetero) is 1. The molecule has 0 spiro atoms. The molecule has 214 valence electrons. The van der Waals surface area contributed by atoms with Crippen LogP contribution in [0, 0.1) is 39.2 Å². The Morgan fingerprint density at radius 3 is 2.58 bits per heavy atom. The maximum atomic E-state index is 13.5. The number of ketones is 1. The molecule has 4 rings (SSSR count). The zero-order valence-corrected chi connectivity index (χ0v) is 23.4. The van der Waals surface area contributed by atoms with E-state index in [-0.39, 0.29) is 72.6 Å². The summed E-state index contributed by atoms with van der Waals surface area (Å²) in [6.45, 7) is 11.4. The van der Waals surface area contributed by atoms with Gasteiger partial charge < -0.3 is 26.1 Å². The standard InChI is InChI=1S/C25H45BN6O6/c1-15(2)11-21(26-37-20-14-17-13-19(24(17,3)4)25(20,5)38-26)30-22(34)16(12-18(33)8-9-27)7-6-10-29-23(28)31-32(35)36/h15-17,19-21H,6-14,27H2,1-5H3,(H,30,34)(H3,28,29,31)/t16-,17-,19-,20-,21+,25+/m1/s1. The molecule has 3 aliphatic carbocycles. The molecule has 1 heterocycles. The Kier molecular flexibility index (Phi) is 9.80. The molecular weight excluding hydrogens is 491 g/mol. The van der Waals surface area contributed by atoms with Gasteiger partial charge in [0.1, 0.15) is 5.78 Å². The summed E-state index contributed by atoms with van der Waals surface area (Å²) in [5.41, 5.74) is 12.6. The smallest absolute Gasteiger partial charge is 0.404 e. The average molecular weight is 536 g/mol. The van der Waals surface area contributed by atoms with Gasteiger partial charge in [0.25, 0.3) is 5.96 Å². The predicted octanol–water partition coefficient (Wildman–Crippen LogP) is 1.59. The third kappa shape index (κ3) is 6.84. The molecule has 3 saturated carbocycles. The molecule has 1 amide bonds. The van der Waals surface area contributed by atoms with Crippen LogP contribution >= 0.6 is 0 Å². The Labute approximate surface area is 225 Å². The normalized spacial score (nSPS) is 29.3. The van der Waals surface area contributed by atoms with Gasteiger partial charge in [-0.15, -0.1) is 0 Å². The number of hydrogen-bond donors (Lipinski definition) is 4. The van der Waals surface area contributed by atoms with Gasteiger partial charge in [-0.25, -0.2) is 15.1 Å². The molecule has 6 atom stereocenters. The predicted molar refractivity (Wildman–Crippen MR) is 144 cm³/mol. The van der Waals surface area contributed by atoms with Gasteiger partial charge in [-0.05, 0) is 68.7 Å². The minimum absolute atomic E-state index is 0.00821. The fourth-order valence-corrected chi connectivity index (χ4v) is 6.65. The second-order valence-corrected chi connectivity index (χ2v) is 12.3. The largest absolute Gasteiger partial charge is 0.481 e. The summed E-state index contributed by atoms with van der Waals surface area (Å²) in [4.78, 5) is 40.3. The number of amides is 1. The van der Waals surface area contributed by atoms with E-state index in [1.54, 1.807) is 5.43 Å². The van der Waals surface area contributed by atoms with E-state index in [4.69, 9.17) is 20.8 Å². The summed E-state index contributed by atoms with van der Waals surface area (Å²) in [7, 11) is -0.551. The Hall–Kier alpha value is -2.25. The number of hydrazine groups is 1. The summed E-state index contributed by atoms with van der Waals surface area (Å²) in [6.07, 6.45) is 3.85. The summed E-state index contributed by atoms with van der Waals surface area (Å²) in [5.74, 6) is -0.237. The summed E-state index contributed by atoms with van der Waals surface area (Å²) >= 11 is 0. The highest BCUT2D eigenvalue weighted by atomic mass is 16.7. The van der Waals surface area contributed by atoms with Crippen molar-refractivity contribution in [3.63, 3.8) is 0 Å². The number of nitro groups is 1. The van der Waals surface area contributed by atoms with Crippen LogP contribution in [0.2, 0.25) is 0 Å². The van der Waals surface area contributed by atoms with Gasteiger partial charge in [-0.1, -0.05) is 33.1 Å². The Morgan fingerprint density at radius 2 is 1.97 bits per heavy atom. The number of hydrogen-bond acceptors (Lipinski definition) is 8. The Bertz CT molecular complexity index is 917. The van der Waals surface area contributed by atoms with Crippen molar-refractivity contribution in [1.82, 2.24) is 10.7 Å². The van der Waals surface area contributed by atoms with Crippen LogP contribution in [0.5, 0.6) is 0 Å². The monoisotopic (exact) mass is 536 g/mol. The van der Waals surface area contributed by atoms with Gasteiger partial charge >= 0.3 is 7.12 Å². The van der Waals surface area contributed by atoms with Gasteiger partial charge in [0.2, 0.25) is 5.91 Å². The summed E-state index contributed by atoms with van der Waals surface area (Å²) in [6, 6.07) is 0. The summed E-state index contributed by atoms with van der Waals surface area (Å²) in [5, 5.41) is 12.8. The van der Waals surface area contributed by atoms with Crippen molar-refractivity contribution in [2.75, 3.05) is 13.1 Å². The number of carbonyl (C=O) groups is 2. The van der Waals surface area contributed by atoms with Crippen molar-refractivity contribution in [1.29, 1.82) is 0 Å². The first-order chi connectivity index (χ1) is 17.8. The van der Waals surface area contributed by atoms with Crippen molar-refractivity contribution in [3.05, 3.63) is 10.1 Å². The van der Waals surface area contributed by atoms with E-state index in [2.05, 4.69) is 44.9 Å². The van der Waals surface area contributed by atoms with E-state index in [1.807, 2.05) is 0 Å². The van der Waals surface area contributed by atoms with Gasteiger partial charge in [0, 0.05) is 25.3 Å². The van der Waals surface area contributed by atoms with E-state index >= 15 is 0 Å². The zero-order valence-electron chi connectivity index (χ0n) is 23.4. The van der Waals surface area contributed by atoms with Crippen LogP contribution in [0.3, 0.4) is 0 Å². The van der Waals surface area contributed by atoms with Crippen molar-refractivity contribution < 1.29 is 23.9 Å². The van der Waals surface area contributed by atoms with E-state index < -0.39 is 18.1 Å². The molecule has 1 aliphatic heterocycles. The number of carbonyl (C=O) groups excluding carboxylic acids is 2. The van der Waals surface area contributed by atoms with Crippen LogP contribution in [-0.4, -0.2) is 60.5 Å². The van der Waals surface area contributed by atoms with Crippen LogP contribution in [0.1, 0.15) is 79.6 Å². The molecule has 2 bridgehead atoms. The maximum absolute atomic E-state index is 13.5. The maximum Gasteiger partial charge on any atom is 0.481 e. The average Bonchev–Trinajstić information content (AvgIpc) is 3.17. The van der Waals surface area contributed by atoms with Crippen molar-refractivity contribution in [3.8, 4) is 0 Å². The van der Waals surface area contributed by atoms with Crippen LogP contribution in [0.25, 0.3) is 0 Å². The Morgan fingerprint density at radius 1 is 1.26 bits per heavy atom. The quantitative estimate of drug-likeness (QED) is 0.0639. The molecule has 0 aromatic rings. The molecule has 1 saturated heterocycles. The van der Waals surface area contributed by atoms with E-state index in [0.29, 0.717) is 31.1 Å². The first-order valence-electron chi connectivity index (χ1n) is 13.8. The highest BCUT2D eigenvalue weighted by Gasteiger charge is 2.68. The van der Waals surface area contributed by atoms with Gasteiger partial charge in [-0.2, -0.15) is 0 Å². The lowest BCUT2D eigenvalue weighted by Gasteiger charge is -2.64. The fraction of sp³-hybridized carbons (Fsp3) is 0.880. The second-order valence-electron chi connectivity index (χ2n) is 12.3. The van der Waals surface area contributed by atoms with Gasteiger partial charge in [0.05, 0.1) is 17.6 Å². The highest BCUT2D eigenvalue weighted by molar-refractivity contribution is 6.47. The first kappa shape index (κ1) is 30.3. The van der Waals surface area contributed by atoms with Crippen molar-refractivity contribution in [2.24, 2.45) is 45.5 Å². The molecule has 13 heteroatoms. The van der Waals surface area contributed by atoms with Crippen molar-refractivity contribution in [2.45, 2.75) is 97.2 Å². The lowest BCUT2D eigenvalue weighted by Crippen LogP contribution is -2.65. The van der Waals surface area contributed by atoms with E-state index in [0.717, 1.165) is 12.8 Å². The van der Waals surface area contributed by atoms with Gasteiger partial charge in [-0.3, -0.25) is 9.59 Å². The molecule has 12 nitrogen and oxygen atoms in total. The first-order valence-corrected chi connectivity index (χ1v) is 13.8. The van der Waals surface area contributed by atoms with Crippen LogP contribution in [0.4, 0.5) is 0 Å². The highest BCUT2D eigenvalue weighted by Crippen LogP contribution is 2.65. The molecular formula is C25H45BN6O6. The van der Waals surface area contributed by atoms with Crippen LogP contribution < -0.4 is 22.2 Å². The second kappa shape index (κ2) is 12.3. The zero-order chi connectivity index (χ0) is 28.3. The fourth-order valence-electron chi connectivity index (χ4n) is 6.65.